The average Bonchev–Trinajstić information content (AvgIpc) is 4.04. The molecule has 58 heavy (non-hydrogen) atoms. The Kier molecular flexibility index (Phi) is 6.50. The van der Waals surface area contributed by atoms with Crippen LogP contribution in [0.4, 0.5) is 0 Å². The normalized spacial score (nSPS) is 12.1. The van der Waals surface area contributed by atoms with Crippen LogP contribution in [0.1, 0.15) is 0 Å². The molecule has 0 saturated carbocycles. The lowest BCUT2D eigenvalue weighted by Gasteiger charge is -2.11. The second-order valence-corrected chi connectivity index (χ2v) is 15.8. The first-order valence-corrected chi connectivity index (χ1v) is 20.1. The molecule has 0 aliphatic carbocycles. The van der Waals surface area contributed by atoms with Gasteiger partial charge in [-0.25, -0.2) is 4.98 Å². The maximum atomic E-state index is 6.57. The number of benzene rings is 8. The fourth-order valence-corrected chi connectivity index (χ4v) is 10.0. The summed E-state index contributed by atoms with van der Waals surface area (Å²) in [5, 5.41) is 8.97. The summed E-state index contributed by atoms with van der Waals surface area (Å²) in [5.41, 5.74) is 9.35. The van der Waals surface area contributed by atoms with Gasteiger partial charge in [-0.3, -0.25) is 4.57 Å². The van der Waals surface area contributed by atoms with Crippen LogP contribution in [0.25, 0.3) is 126 Å². The Balaban J connectivity index is 1.07. The largest absolute Gasteiger partial charge is 0.456 e. The zero-order valence-electron chi connectivity index (χ0n) is 30.7. The number of rotatable bonds is 4. The van der Waals surface area contributed by atoms with E-state index in [0.29, 0.717) is 17.6 Å². The van der Waals surface area contributed by atoms with E-state index in [1.165, 1.54) is 20.2 Å². The van der Waals surface area contributed by atoms with Gasteiger partial charge < -0.3 is 8.83 Å². The second-order valence-electron chi connectivity index (χ2n) is 14.7. The second kappa shape index (κ2) is 11.9. The molecule has 0 unspecified atom stereocenters. The highest BCUT2D eigenvalue weighted by Crippen LogP contribution is 2.42. The van der Waals surface area contributed by atoms with E-state index >= 15 is 0 Å². The number of nitrogens with zero attached hydrogens (tertiary/aromatic N) is 4. The molecule has 0 N–H and O–H groups in total. The Hall–Kier alpha value is -7.61. The van der Waals surface area contributed by atoms with Crippen molar-refractivity contribution in [3.8, 4) is 39.9 Å². The van der Waals surface area contributed by atoms with E-state index in [4.69, 9.17) is 23.8 Å². The van der Waals surface area contributed by atoms with Crippen molar-refractivity contribution in [2.45, 2.75) is 0 Å². The summed E-state index contributed by atoms with van der Waals surface area (Å²) in [5.74, 6) is 1.69. The number of fused-ring (bicyclic) bond motifs is 13. The van der Waals surface area contributed by atoms with Gasteiger partial charge in [0, 0.05) is 63.6 Å². The lowest BCUT2D eigenvalue weighted by molar-refractivity contribution is 0.669. The van der Waals surface area contributed by atoms with Gasteiger partial charge in [-0.1, -0.05) is 115 Å². The summed E-state index contributed by atoms with van der Waals surface area (Å²) in [6, 6.07) is 59.0. The number of hydrogen-bond donors (Lipinski definition) is 0. The third kappa shape index (κ3) is 4.56. The van der Waals surface area contributed by atoms with Crippen molar-refractivity contribution in [1.82, 2.24) is 19.5 Å². The molecule has 270 valence electrons. The molecule has 0 spiro atoms. The van der Waals surface area contributed by atoms with Crippen molar-refractivity contribution >= 4 is 97.2 Å². The summed E-state index contributed by atoms with van der Waals surface area (Å²) in [7, 11) is 0. The number of hydrogen-bond acceptors (Lipinski definition) is 6. The average molecular weight is 761 g/mol. The summed E-state index contributed by atoms with van der Waals surface area (Å²) in [6.45, 7) is 0. The highest BCUT2D eigenvalue weighted by atomic mass is 32.1. The van der Waals surface area contributed by atoms with Crippen LogP contribution >= 0.6 is 11.3 Å². The third-order valence-electron chi connectivity index (χ3n) is 11.5. The van der Waals surface area contributed by atoms with Crippen LogP contribution in [0.2, 0.25) is 0 Å². The minimum Gasteiger partial charge on any atom is -0.456 e. The molecule has 6 nitrogen and oxygen atoms in total. The van der Waals surface area contributed by atoms with Crippen molar-refractivity contribution in [2.24, 2.45) is 0 Å². The van der Waals surface area contributed by atoms with Crippen molar-refractivity contribution in [2.75, 3.05) is 0 Å². The number of aromatic nitrogens is 4. The molecule has 0 atom stereocenters. The van der Waals surface area contributed by atoms with E-state index < -0.39 is 0 Å². The summed E-state index contributed by atoms with van der Waals surface area (Å²) >= 11 is 1.78. The summed E-state index contributed by atoms with van der Waals surface area (Å²) in [6.07, 6.45) is 0. The molecule has 8 aromatic carbocycles. The van der Waals surface area contributed by atoms with Gasteiger partial charge in [-0.2, -0.15) is 9.97 Å². The monoisotopic (exact) mass is 760 g/mol. The van der Waals surface area contributed by atoms with Crippen LogP contribution in [-0.2, 0) is 0 Å². The van der Waals surface area contributed by atoms with E-state index in [9.17, 15) is 0 Å². The predicted molar refractivity (Wildman–Crippen MR) is 238 cm³/mol. The fourth-order valence-electron chi connectivity index (χ4n) is 8.90. The van der Waals surface area contributed by atoms with Crippen molar-refractivity contribution in [1.29, 1.82) is 0 Å². The van der Waals surface area contributed by atoms with E-state index in [-0.39, 0.29) is 0 Å². The first kappa shape index (κ1) is 31.6. The predicted octanol–water partition coefficient (Wildman–Crippen LogP) is 14.1. The molecular formula is C51H28N4O2S. The molecule has 0 fully saturated rings. The molecule has 5 heterocycles. The molecular weight excluding hydrogens is 733 g/mol. The van der Waals surface area contributed by atoms with Gasteiger partial charge in [0.1, 0.15) is 22.3 Å². The Morgan fingerprint density at radius 1 is 0.379 bits per heavy atom. The maximum absolute atomic E-state index is 6.57. The summed E-state index contributed by atoms with van der Waals surface area (Å²) in [4.78, 5) is 15.8. The molecule has 13 rings (SSSR count). The van der Waals surface area contributed by atoms with Gasteiger partial charge in [0.2, 0.25) is 5.95 Å². The molecule has 13 aromatic rings. The molecule has 5 aromatic heterocycles. The highest BCUT2D eigenvalue weighted by molar-refractivity contribution is 7.25. The van der Waals surface area contributed by atoms with Crippen LogP contribution < -0.4 is 0 Å². The van der Waals surface area contributed by atoms with Gasteiger partial charge in [-0.15, -0.1) is 11.3 Å². The minimum atomic E-state index is 0.533. The maximum Gasteiger partial charge on any atom is 0.238 e. The van der Waals surface area contributed by atoms with Crippen LogP contribution in [-0.4, -0.2) is 19.5 Å². The molecule has 0 bridgehead atoms. The Morgan fingerprint density at radius 2 is 1.03 bits per heavy atom. The molecule has 0 saturated heterocycles. The first-order valence-electron chi connectivity index (χ1n) is 19.3. The molecule has 0 aliphatic heterocycles. The van der Waals surface area contributed by atoms with E-state index in [2.05, 4.69) is 150 Å². The van der Waals surface area contributed by atoms with Gasteiger partial charge >= 0.3 is 0 Å². The SMILES string of the molecule is c1ccc(-c2cccc3oc4cc(-c5nc(-c6ccc7c(c6)sc6ccccc67)nc(-n6c7ccccc7c7c8c(ccc76)oc6ccccc68)n5)ccc4c23)cc1. The van der Waals surface area contributed by atoms with Crippen LogP contribution in [0.5, 0.6) is 0 Å². The van der Waals surface area contributed by atoms with E-state index in [1.54, 1.807) is 11.3 Å². The Labute approximate surface area is 333 Å². The zero-order valence-corrected chi connectivity index (χ0v) is 31.5. The van der Waals surface area contributed by atoms with Crippen LogP contribution in [0.15, 0.2) is 179 Å². The fraction of sp³-hybridized carbons (Fsp3) is 0. The van der Waals surface area contributed by atoms with Crippen molar-refractivity contribution in [3.63, 3.8) is 0 Å². The summed E-state index contributed by atoms with van der Waals surface area (Å²) < 4.78 is 17.5. The van der Waals surface area contributed by atoms with Crippen LogP contribution in [0, 0.1) is 0 Å². The molecule has 7 heteroatoms. The third-order valence-corrected chi connectivity index (χ3v) is 12.6. The molecule has 0 aliphatic rings. The smallest absolute Gasteiger partial charge is 0.238 e. The molecule has 0 amide bonds. The Bertz CT molecular complexity index is 3820. The highest BCUT2D eigenvalue weighted by Gasteiger charge is 2.22. The van der Waals surface area contributed by atoms with Crippen molar-refractivity contribution < 1.29 is 8.83 Å². The van der Waals surface area contributed by atoms with Gasteiger partial charge in [0.05, 0.1) is 11.0 Å². The topological polar surface area (TPSA) is 69.9 Å². The lowest BCUT2D eigenvalue weighted by Crippen LogP contribution is -2.06. The molecule has 0 radical (unpaired) electrons. The van der Waals surface area contributed by atoms with Crippen LogP contribution in [0.3, 0.4) is 0 Å². The van der Waals surface area contributed by atoms with E-state index in [1.807, 2.05) is 24.3 Å². The lowest BCUT2D eigenvalue weighted by atomic mass is 9.99. The number of thiophene rings is 1. The zero-order chi connectivity index (χ0) is 37.9. The number of para-hydroxylation sites is 2. The van der Waals surface area contributed by atoms with Gasteiger partial charge in [0.25, 0.3) is 0 Å². The Morgan fingerprint density at radius 3 is 1.91 bits per heavy atom. The first-order chi connectivity index (χ1) is 28.7. The number of furan rings is 2. The standard InChI is InChI=1S/C51H28N4O2S/c1-2-11-29(12-3-1)32-16-10-19-41-46(32)37-24-22-30(27-43(37)57-41)49-52-50(31-21-23-34-33-13-6-9-20-44(33)58-45(34)28-31)54-51(53-49)55-38-17-7-4-14-35(38)47-39(55)25-26-42-48(47)36-15-5-8-18-40(36)56-42/h1-28H. The minimum absolute atomic E-state index is 0.533. The van der Waals surface area contributed by atoms with Crippen molar-refractivity contribution in [3.05, 3.63) is 170 Å². The van der Waals surface area contributed by atoms with Gasteiger partial charge in [-0.05, 0) is 65.7 Å². The van der Waals surface area contributed by atoms with E-state index in [0.717, 1.165) is 87.9 Å². The van der Waals surface area contributed by atoms with Gasteiger partial charge in [0.15, 0.2) is 11.6 Å². The quantitative estimate of drug-likeness (QED) is 0.179.